The molecule has 0 saturated heterocycles. The van der Waals surface area contributed by atoms with E-state index in [9.17, 15) is 4.79 Å². The van der Waals surface area contributed by atoms with Gasteiger partial charge in [-0.05, 0) is 37.6 Å². The van der Waals surface area contributed by atoms with Gasteiger partial charge < -0.3 is 9.73 Å². The molecule has 0 aliphatic heterocycles. The topological polar surface area (TPSA) is 68.0 Å². The fraction of sp³-hybridized carbons (Fsp3) is 0.133. The van der Waals surface area contributed by atoms with Crippen LogP contribution < -0.4 is 5.32 Å². The van der Waals surface area contributed by atoms with Gasteiger partial charge in [-0.3, -0.25) is 4.79 Å². The van der Waals surface area contributed by atoms with Crippen molar-refractivity contribution in [1.82, 2.24) is 10.2 Å². The molecule has 0 bridgehead atoms. The number of nitrogens with one attached hydrogen (secondary N) is 1. The lowest BCUT2D eigenvalue weighted by molar-refractivity contribution is -0.111. The van der Waals surface area contributed by atoms with Crippen LogP contribution in [0.1, 0.15) is 12.5 Å². The Labute approximate surface area is 117 Å². The number of rotatable bonds is 4. The summed E-state index contributed by atoms with van der Waals surface area (Å²) in [5.74, 6) is 0.288. The molecule has 2 rings (SSSR count). The lowest BCUT2D eigenvalue weighted by atomic mass is 10.1. The number of aromatic nitrogens is 2. The minimum Gasteiger partial charge on any atom is -0.423 e. The average Bonchev–Trinajstić information content (AvgIpc) is 2.95. The third-order valence-corrected chi connectivity index (χ3v) is 2.64. The van der Waals surface area contributed by atoms with Crippen molar-refractivity contribution in [3.63, 3.8) is 0 Å². The lowest BCUT2D eigenvalue weighted by Gasteiger charge is -2.07. The third kappa shape index (κ3) is 3.41. The van der Waals surface area contributed by atoms with Gasteiger partial charge in [0.1, 0.15) is 0 Å². The Morgan fingerprint density at radius 1 is 1.35 bits per heavy atom. The summed E-state index contributed by atoms with van der Waals surface area (Å²) in [5.41, 5.74) is 2.50. The molecule has 0 fully saturated rings. The van der Waals surface area contributed by atoms with Gasteiger partial charge in [0.15, 0.2) is 0 Å². The predicted molar refractivity (Wildman–Crippen MR) is 77.1 cm³/mol. The van der Waals surface area contributed by atoms with Crippen LogP contribution in [0, 0.1) is 6.92 Å². The second kappa shape index (κ2) is 6.47. The number of carbonyl (C=O) groups is 1. The van der Waals surface area contributed by atoms with E-state index in [1.165, 1.54) is 12.5 Å². The summed E-state index contributed by atoms with van der Waals surface area (Å²) in [6.07, 6.45) is 8.11. The summed E-state index contributed by atoms with van der Waals surface area (Å²) >= 11 is 0. The second-order valence-electron chi connectivity index (χ2n) is 4.15. The maximum atomic E-state index is 11.7. The minimum absolute atomic E-state index is 0.170. The predicted octanol–water partition coefficient (Wildman–Crippen LogP) is 3.12. The molecule has 0 unspecified atom stereocenters. The summed E-state index contributed by atoms with van der Waals surface area (Å²) in [6, 6.07) is 5.53. The van der Waals surface area contributed by atoms with Crippen LogP contribution in [-0.4, -0.2) is 16.1 Å². The molecule has 1 amide bonds. The van der Waals surface area contributed by atoms with E-state index >= 15 is 0 Å². The molecule has 5 heteroatoms. The minimum atomic E-state index is -0.170. The zero-order valence-electron chi connectivity index (χ0n) is 11.3. The molecule has 1 heterocycles. The van der Waals surface area contributed by atoms with Crippen molar-refractivity contribution >= 4 is 11.6 Å². The van der Waals surface area contributed by atoms with Gasteiger partial charge in [-0.2, -0.15) is 0 Å². The number of hydrogen-bond acceptors (Lipinski definition) is 4. The van der Waals surface area contributed by atoms with Gasteiger partial charge in [-0.15, -0.1) is 10.2 Å². The number of anilines is 1. The number of benzene rings is 1. The van der Waals surface area contributed by atoms with Gasteiger partial charge in [0, 0.05) is 17.3 Å². The maximum Gasteiger partial charge on any atom is 0.248 e. The third-order valence-electron chi connectivity index (χ3n) is 2.64. The summed E-state index contributed by atoms with van der Waals surface area (Å²) in [7, 11) is 0. The highest BCUT2D eigenvalue weighted by Gasteiger charge is 2.07. The van der Waals surface area contributed by atoms with Crippen LogP contribution in [0.15, 0.2) is 53.3 Å². The molecule has 1 aromatic carbocycles. The fourth-order valence-corrected chi connectivity index (χ4v) is 1.66. The molecule has 5 nitrogen and oxygen atoms in total. The van der Waals surface area contributed by atoms with Crippen LogP contribution in [0.25, 0.3) is 11.5 Å². The number of amides is 1. The Balaban J connectivity index is 2.12. The van der Waals surface area contributed by atoms with Crippen LogP contribution in [-0.2, 0) is 4.79 Å². The van der Waals surface area contributed by atoms with Crippen molar-refractivity contribution < 1.29 is 9.21 Å². The van der Waals surface area contributed by atoms with Crippen molar-refractivity contribution in [3.05, 3.63) is 54.5 Å². The lowest BCUT2D eigenvalue weighted by Crippen LogP contribution is -2.08. The molecule has 102 valence electrons. The Hall–Kier alpha value is -2.69. The van der Waals surface area contributed by atoms with Crippen LogP contribution in [0.2, 0.25) is 0 Å². The molecule has 0 saturated carbocycles. The molecule has 0 aliphatic carbocycles. The molecule has 20 heavy (non-hydrogen) atoms. The number of aryl methyl sites for hydroxylation is 1. The first-order valence-electron chi connectivity index (χ1n) is 6.18. The first-order valence-corrected chi connectivity index (χ1v) is 6.18. The van der Waals surface area contributed by atoms with Crippen molar-refractivity contribution in [1.29, 1.82) is 0 Å². The highest BCUT2D eigenvalue weighted by molar-refractivity contribution is 6.00. The van der Waals surface area contributed by atoms with E-state index in [0.717, 1.165) is 16.8 Å². The van der Waals surface area contributed by atoms with Crippen LogP contribution >= 0.6 is 0 Å². The Morgan fingerprint density at radius 2 is 2.20 bits per heavy atom. The molecule has 1 N–H and O–H groups in total. The average molecular weight is 269 g/mol. The molecular formula is C15H15N3O2. The SMILES string of the molecule is C/C=C/C=C/C(=O)Nc1ccc(-c2nnco2)cc1C. The van der Waals surface area contributed by atoms with E-state index in [0.29, 0.717) is 5.89 Å². The fourth-order valence-electron chi connectivity index (χ4n) is 1.66. The van der Waals surface area contributed by atoms with E-state index in [-0.39, 0.29) is 5.91 Å². The highest BCUT2D eigenvalue weighted by Crippen LogP contribution is 2.23. The van der Waals surface area contributed by atoms with Gasteiger partial charge in [-0.1, -0.05) is 18.2 Å². The molecule has 0 aliphatic rings. The standard InChI is InChI=1S/C15H15N3O2/c1-3-4-5-6-14(19)17-13-8-7-12(9-11(13)2)15-18-16-10-20-15/h3-10H,1-2H3,(H,17,19)/b4-3+,6-5+. The molecule has 1 aromatic heterocycles. The summed E-state index contributed by atoms with van der Waals surface area (Å²) in [4.78, 5) is 11.7. The maximum absolute atomic E-state index is 11.7. The first kappa shape index (κ1) is 13.7. The monoisotopic (exact) mass is 269 g/mol. The normalized spacial score (nSPS) is 11.3. The number of hydrogen-bond donors (Lipinski definition) is 1. The Bertz CT molecular complexity index is 643. The quantitative estimate of drug-likeness (QED) is 0.684. The largest absolute Gasteiger partial charge is 0.423 e. The smallest absolute Gasteiger partial charge is 0.248 e. The zero-order valence-corrected chi connectivity index (χ0v) is 11.3. The number of allylic oxidation sites excluding steroid dienone is 3. The number of carbonyl (C=O) groups excluding carboxylic acids is 1. The van der Waals surface area contributed by atoms with Gasteiger partial charge in [0.05, 0.1) is 0 Å². The van der Waals surface area contributed by atoms with Gasteiger partial charge in [0.25, 0.3) is 0 Å². The number of nitrogens with zero attached hydrogens (tertiary/aromatic N) is 2. The van der Waals surface area contributed by atoms with Crippen molar-refractivity contribution in [2.24, 2.45) is 0 Å². The van der Waals surface area contributed by atoms with Crippen molar-refractivity contribution in [2.75, 3.05) is 5.32 Å². The van der Waals surface area contributed by atoms with E-state index < -0.39 is 0 Å². The zero-order chi connectivity index (χ0) is 14.4. The van der Waals surface area contributed by atoms with E-state index in [1.807, 2.05) is 38.1 Å². The van der Waals surface area contributed by atoms with Crippen molar-refractivity contribution in [2.45, 2.75) is 13.8 Å². The summed E-state index contributed by atoms with van der Waals surface area (Å²) in [6.45, 7) is 3.80. The van der Waals surface area contributed by atoms with Crippen LogP contribution in [0.4, 0.5) is 5.69 Å². The molecule has 0 spiro atoms. The first-order chi connectivity index (χ1) is 9.70. The van der Waals surface area contributed by atoms with Gasteiger partial charge in [0.2, 0.25) is 18.2 Å². The van der Waals surface area contributed by atoms with Gasteiger partial charge >= 0.3 is 0 Å². The molecule has 0 radical (unpaired) electrons. The van der Waals surface area contributed by atoms with Crippen LogP contribution in [0.5, 0.6) is 0 Å². The van der Waals surface area contributed by atoms with E-state index in [1.54, 1.807) is 12.2 Å². The Kier molecular flexibility index (Phi) is 4.44. The van der Waals surface area contributed by atoms with Gasteiger partial charge in [-0.25, -0.2) is 0 Å². The van der Waals surface area contributed by atoms with E-state index in [2.05, 4.69) is 15.5 Å². The molecular weight excluding hydrogens is 254 g/mol. The van der Waals surface area contributed by atoms with Crippen LogP contribution in [0.3, 0.4) is 0 Å². The summed E-state index contributed by atoms with van der Waals surface area (Å²) < 4.78 is 5.13. The molecule has 2 aromatic rings. The van der Waals surface area contributed by atoms with Crippen molar-refractivity contribution in [3.8, 4) is 11.5 Å². The Morgan fingerprint density at radius 3 is 2.85 bits per heavy atom. The summed E-state index contributed by atoms with van der Waals surface area (Å²) in [5, 5.41) is 10.3. The van der Waals surface area contributed by atoms with E-state index in [4.69, 9.17) is 4.42 Å². The highest BCUT2D eigenvalue weighted by atomic mass is 16.4. The second-order valence-corrected chi connectivity index (χ2v) is 4.15. The molecule has 0 atom stereocenters.